The van der Waals surface area contributed by atoms with Gasteiger partial charge < -0.3 is 5.11 Å². The van der Waals surface area contributed by atoms with Crippen molar-refractivity contribution in [3.05, 3.63) is 12.2 Å². The summed E-state index contributed by atoms with van der Waals surface area (Å²) >= 11 is 2.94. The first-order chi connectivity index (χ1) is 3.27. The highest BCUT2D eigenvalue weighted by atomic mass is 79.9. The molecule has 0 heterocycles. The topological polar surface area (TPSA) is 20.2 Å². The third-order valence-electron chi connectivity index (χ3n) is 0.531. The molecule has 0 aliphatic carbocycles. The van der Waals surface area contributed by atoms with Crippen LogP contribution >= 0.6 is 15.9 Å². The lowest BCUT2D eigenvalue weighted by atomic mass is 10.4. The third-order valence-corrected chi connectivity index (χ3v) is 0.836. The zero-order valence-electron chi connectivity index (χ0n) is 4.26. The van der Waals surface area contributed by atoms with Crippen LogP contribution in [-0.4, -0.2) is 10.1 Å². The zero-order valence-corrected chi connectivity index (χ0v) is 5.85. The van der Waals surface area contributed by atoms with Gasteiger partial charge in [-0.15, -0.1) is 0 Å². The van der Waals surface area contributed by atoms with Gasteiger partial charge in [-0.05, 0) is 12.5 Å². The highest BCUT2D eigenvalue weighted by molar-refractivity contribution is 9.09. The monoisotopic (exact) mass is 164 g/mol. The average molecular weight is 165 g/mol. The Bertz CT molecular complexity index is 59.1. The molecule has 0 rings (SSSR count). The van der Waals surface area contributed by atoms with Gasteiger partial charge in [0.05, 0.1) is 0 Å². The number of alkyl halides is 1. The molecule has 0 aromatic heterocycles. The van der Waals surface area contributed by atoms with E-state index in [1.807, 2.05) is 13.0 Å². The summed E-state index contributed by atoms with van der Waals surface area (Å²) in [5.74, 6) is 0. The molecule has 0 aliphatic rings. The van der Waals surface area contributed by atoms with Gasteiger partial charge in [0, 0.05) is 0 Å². The molecule has 0 aromatic rings. The number of halogens is 1. The van der Waals surface area contributed by atoms with E-state index >= 15 is 0 Å². The first-order valence-electron chi connectivity index (χ1n) is 2.26. The number of hydrogen-bond donors (Lipinski definition) is 1. The maximum absolute atomic E-state index is 8.51. The fourth-order valence-electron chi connectivity index (χ4n) is 0.248. The number of allylic oxidation sites excluding steroid dienone is 1. The Labute approximate surface area is 52.2 Å². The van der Waals surface area contributed by atoms with E-state index in [0.717, 1.165) is 6.42 Å². The first-order valence-corrected chi connectivity index (χ1v) is 3.17. The van der Waals surface area contributed by atoms with Crippen LogP contribution in [-0.2, 0) is 0 Å². The Morgan fingerprint density at radius 1 is 1.86 bits per heavy atom. The van der Waals surface area contributed by atoms with Crippen molar-refractivity contribution in [3.8, 4) is 0 Å². The molecule has 1 nitrogen and oxygen atoms in total. The van der Waals surface area contributed by atoms with Gasteiger partial charge in [0.25, 0.3) is 0 Å². The minimum atomic E-state index is -0.465. The Balaban J connectivity index is 3.08. The number of rotatable bonds is 2. The van der Waals surface area contributed by atoms with E-state index in [1.165, 1.54) is 0 Å². The largest absolute Gasteiger partial charge is 0.378 e. The summed E-state index contributed by atoms with van der Waals surface area (Å²) in [5.41, 5.74) is 0. The predicted octanol–water partition coefficient (Wildman–Crippen LogP) is 1.67. The SMILES string of the molecule is CC/C=C/C(O)Br. The van der Waals surface area contributed by atoms with E-state index < -0.39 is 5.01 Å². The van der Waals surface area contributed by atoms with Crippen molar-refractivity contribution in [2.75, 3.05) is 0 Å². The standard InChI is InChI=1S/C5H9BrO/c1-2-3-4-5(6)7/h3-5,7H,2H2,1H3/b4-3+. The number of aliphatic hydroxyl groups is 1. The second kappa shape index (κ2) is 4.34. The molecular weight excluding hydrogens is 156 g/mol. The number of aliphatic hydroxyl groups excluding tert-OH is 1. The van der Waals surface area contributed by atoms with Crippen LogP contribution in [0.1, 0.15) is 13.3 Å². The molecule has 0 fully saturated rings. The van der Waals surface area contributed by atoms with Crippen LogP contribution in [0.2, 0.25) is 0 Å². The summed E-state index contributed by atoms with van der Waals surface area (Å²) in [6.45, 7) is 2.02. The van der Waals surface area contributed by atoms with Gasteiger partial charge in [-0.3, -0.25) is 0 Å². The predicted molar refractivity (Wildman–Crippen MR) is 34.4 cm³/mol. The summed E-state index contributed by atoms with van der Waals surface area (Å²) in [7, 11) is 0. The maximum atomic E-state index is 8.51. The molecule has 0 amide bonds. The minimum Gasteiger partial charge on any atom is -0.378 e. The van der Waals surface area contributed by atoms with E-state index in [4.69, 9.17) is 5.11 Å². The summed E-state index contributed by atoms with van der Waals surface area (Å²) in [6, 6.07) is 0. The van der Waals surface area contributed by atoms with Crippen LogP contribution in [0.5, 0.6) is 0 Å². The second-order valence-electron chi connectivity index (χ2n) is 1.21. The molecule has 1 atom stereocenters. The molecule has 0 bridgehead atoms. The van der Waals surface area contributed by atoms with Crippen LogP contribution in [0.15, 0.2) is 12.2 Å². The summed E-state index contributed by atoms with van der Waals surface area (Å²) in [6.07, 6.45) is 4.57. The van der Waals surface area contributed by atoms with Crippen molar-refractivity contribution in [3.63, 3.8) is 0 Å². The first kappa shape index (κ1) is 7.18. The minimum absolute atomic E-state index is 0.465. The van der Waals surface area contributed by atoms with Gasteiger partial charge in [-0.2, -0.15) is 0 Å². The van der Waals surface area contributed by atoms with Crippen LogP contribution in [0.4, 0.5) is 0 Å². The fourth-order valence-corrected chi connectivity index (χ4v) is 0.464. The van der Waals surface area contributed by atoms with Crippen molar-refractivity contribution in [2.45, 2.75) is 18.4 Å². The summed E-state index contributed by atoms with van der Waals surface area (Å²) < 4.78 is 0. The van der Waals surface area contributed by atoms with Crippen LogP contribution in [0.3, 0.4) is 0 Å². The molecule has 42 valence electrons. The average Bonchev–Trinajstić information content (AvgIpc) is 1.61. The second-order valence-corrected chi connectivity index (χ2v) is 2.15. The summed E-state index contributed by atoms with van der Waals surface area (Å²) in [4.78, 5) is 0. The Kier molecular flexibility index (Phi) is 4.45. The molecule has 0 spiro atoms. The molecule has 0 radical (unpaired) electrons. The van der Waals surface area contributed by atoms with E-state index in [9.17, 15) is 0 Å². The zero-order chi connectivity index (χ0) is 5.70. The van der Waals surface area contributed by atoms with Crippen LogP contribution in [0.25, 0.3) is 0 Å². The molecule has 0 aliphatic heterocycles. The molecule has 7 heavy (non-hydrogen) atoms. The molecule has 1 unspecified atom stereocenters. The van der Waals surface area contributed by atoms with Crippen LogP contribution < -0.4 is 0 Å². The van der Waals surface area contributed by atoms with E-state index in [1.54, 1.807) is 6.08 Å². The van der Waals surface area contributed by atoms with Crippen molar-refractivity contribution >= 4 is 15.9 Å². The van der Waals surface area contributed by atoms with Crippen molar-refractivity contribution in [1.82, 2.24) is 0 Å². The van der Waals surface area contributed by atoms with Gasteiger partial charge in [0.1, 0.15) is 5.01 Å². The fraction of sp³-hybridized carbons (Fsp3) is 0.600. The van der Waals surface area contributed by atoms with Gasteiger partial charge in [0.15, 0.2) is 0 Å². The normalized spacial score (nSPS) is 15.3. The lowest BCUT2D eigenvalue weighted by molar-refractivity contribution is 0.316. The lowest BCUT2D eigenvalue weighted by Crippen LogP contribution is -1.84. The van der Waals surface area contributed by atoms with Gasteiger partial charge >= 0.3 is 0 Å². The molecule has 0 saturated heterocycles. The molecule has 1 N–H and O–H groups in total. The van der Waals surface area contributed by atoms with Gasteiger partial charge in [0.2, 0.25) is 0 Å². The third kappa shape index (κ3) is 6.18. The van der Waals surface area contributed by atoms with Crippen molar-refractivity contribution < 1.29 is 5.11 Å². The smallest absolute Gasteiger partial charge is 0.127 e. The highest BCUT2D eigenvalue weighted by Crippen LogP contribution is 1.94. The Morgan fingerprint density at radius 3 is 2.57 bits per heavy atom. The van der Waals surface area contributed by atoms with Gasteiger partial charge in [-0.1, -0.05) is 28.9 Å². The molecular formula is C5H9BrO. The maximum Gasteiger partial charge on any atom is 0.127 e. The van der Waals surface area contributed by atoms with E-state index in [2.05, 4.69) is 15.9 Å². The Hall–Kier alpha value is 0.180. The quantitative estimate of drug-likeness (QED) is 0.487. The molecule has 0 aromatic carbocycles. The van der Waals surface area contributed by atoms with Gasteiger partial charge in [-0.25, -0.2) is 0 Å². The lowest BCUT2D eigenvalue weighted by Gasteiger charge is -1.86. The highest BCUT2D eigenvalue weighted by Gasteiger charge is 1.82. The van der Waals surface area contributed by atoms with Crippen molar-refractivity contribution in [2.24, 2.45) is 0 Å². The van der Waals surface area contributed by atoms with E-state index in [0.29, 0.717) is 0 Å². The molecule has 0 saturated carbocycles. The van der Waals surface area contributed by atoms with Crippen LogP contribution in [0, 0.1) is 0 Å². The number of hydrogen-bond acceptors (Lipinski definition) is 1. The molecule has 2 heteroatoms. The van der Waals surface area contributed by atoms with E-state index in [-0.39, 0.29) is 0 Å². The Morgan fingerprint density at radius 2 is 2.43 bits per heavy atom. The summed E-state index contributed by atoms with van der Waals surface area (Å²) in [5, 5.41) is 8.05. The van der Waals surface area contributed by atoms with Crippen molar-refractivity contribution in [1.29, 1.82) is 0 Å².